The number of amides is 1. The van der Waals surface area contributed by atoms with Gasteiger partial charge in [0.2, 0.25) is 5.91 Å². The highest BCUT2D eigenvalue weighted by Gasteiger charge is 2.25. The van der Waals surface area contributed by atoms with Crippen LogP contribution in [0.15, 0.2) is 71.5 Å². The van der Waals surface area contributed by atoms with Crippen LogP contribution in [0.1, 0.15) is 46.6 Å². The summed E-state index contributed by atoms with van der Waals surface area (Å²) >= 11 is 6.19. The fourth-order valence-corrected chi connectivity index (χ4v) is 4.06. The van der Waals surface area contributed by atoms with Gasteiger partial charge in [0.25, 0.3) is 5.56 Å². The predicted octanol–water partition coefficient (Wildman–Crippen LogP) is 4.87. The highest BCUT2D eigenvalue weighted by Crippen LogP contribution is 2.31. The number of hydrogen-bond donors (Lipinski definition) is 2. The smallest absolute Gasteiger partial charge is 0.280 e. The Morgan fingerprint density at radius 3 is 2.56 bits per heavy atom. The second-order valence-corrected chi connectivity index (χ2v) is 8.10. The summed E-state index contributed by atoms with van der Waals surface area (Å²) in [6.45, 7) is 3.93. The topological polar surface area (TPSA) is 90.0 Å². The van der Waals surface area contributed by atoms with E-state index in [9.17, 15) is 9.59 Å². The molecule has 4 aromatic rings. The van der Waals surface area contributed by atoms with Gasteiger partial charge >= 0.3 is 0 Å². The molecular weight excluding hydrogens is 424 g/mol. The van der Waals surface area contributed by atoms with Crippen LogP contribution in [0.3, 0.4) is 0 Å². The first kappa shape index (κ1) is 21.6. The molecule has 0 fully saturated rings. The number of benzene rings is 3. The molecule has 32 heavy (non-hydrogen) atoms. The maximum absolute atomic E-state index is 13.5. The zero-order valence-corrected chi connectivity index (χ0v) is 18.6. The molecule has 162 valence electrons. The monoisotopic (exact) mass is 446 g/mol. The van der Waals surface area contributed by atoms with E-state index in [2.05, 4.69) is 5.43 Å². The summed E-state index contributed by atoms with van der Waals surface area (Å²) in [6.07, 6.45) is 0.596. The largest absolute Gasteiger partial charge is 0.366 e. The van der Waals surface area contributed by atoms with Gasteiger partial charge in [0.05, 0.1) is 16.6 Å². The van der Waals surface area contributed by atoms with E-state index in [1.807, 2.05) is 56.3 Å². The highest BCUT2D eigenvalue weighted by atomic mass is 35.5. The number of carbonyl (C=O) groups excluding carboxylic acids is 1. The number of carbonyl (C=O) groups is 1. The van der Waals surface area contributed by atoms with Crippen LogP contribution in [0.5, 0.6) is 0 Å². The molecule has 1 unspecified atom stereocenters. The van der Waals surface area contributed by atoms with Crippen molar-refractivity contribution in [3.05, 3.63) is 105 Å². The lowest BCUT2D eigenvalue weighted by molar-refractivity contribution is 0.0999. The van der Waals surface area contributed by atoms with Crippen molar-refractivity contribution in [3.63, 3.8) is 0 Å². The summed E-state index contributed by atoms with van der Waals surface area (Å²) < 4.78 is 1.45. The quantitative estimate of drug-likeness (QED) is 0.442. The fourth-order valence-electron chi connectivity index (χ4n) is 3.90. The molecule has 1 heterocycles. The molecule has 0 saturated heterocycles. The Morgan fingerprint density at radius 2 is 1.88 bits per heavy atom. The zero-order valence-electron chi connectivity index (χ0n) is 17.8. The van der Waals surface area contributed by atoms with Crippen LogP contribution in [0.25, 0.3) is 10.9 Å². The molecule has 0 aliphatic heterocycles. The molecule has 6 nitrogen and oxygen atoms in total. The molecule has 0 aliphatic rings. The number of nitrogens with zero attached hydrogens (tertiary/aromatic N) is 2. The molecule has 0 radical (unpaired) electrons. The molecule has 1 atom stereocenters. The summed E-state index contributed by atoms with van der Waals surface area (Å²) in [4.78, 5) is 30.5. The maximum Gasteiger partial charge on any atom is 0.280 e. The van der Waals surface area contributed by atoms with E-state index in [1.54, 1.807) is 24.3 Å². The van der Waals surface area contributed by atoms with Gasteiger partial charge < -0.3 is 5.73 Å². The Bertz CT molecular complexity index is 1370. The van der Waals surface area contributed by atoms with Crippen LogP contribution in [-0.4, -0.2) is 15.6 Å². The minimum absolute atomic E-state index is 0.253. The number of primary amides is 1. The van der Waals surface area contributed by atoms with Gasteiger partial charge in [0, 0.05) is 16.5 Å². The molecule has 1 amide bonds. The van der Waals surface area contributed by atoms with Crippen LogP contribution < -0.4 is 16.7 Å². The van der Waals surface area contributed by atoms with Crippen LogP contribution >= 0.6 is 11.6 Å². The van der Waals surface area contributed by atoms with E-state index in [0.29, 0.717) is 33.7 Å². The lowest BCUT2D eigenvalue weighted by Crippen LogP contribution is -2.33. The summed E-state index contributed by atoms with van der Waals surface area (Å²) in [7, 11) is 0. The number of nitrogens with one attached hydrogen (secondary N) is 1. The van der Waals surface area contributed by atoms with Crippen molar-refractivity contribution in [2.24, 2.45) is 5.73 Å². The molecule has 3 N–H and O–H groups in total. The van der Waals surface area contributed by atoms with Gasteiger partial charge in [-0.2, -0.15) is 0 Å². The number of rotatable bonds is 6. The number of nitrogens with two attached hydrogens (primary N) is 1. The predicted molar refractivity (Wildman–Crippen MR) is 128 cm³/mol. The first-order valence-electron chi connectivity index (χ1n) is 10.3. The minimum Gasteiger partial charge on any atom is -0.366 e. The molecule has 7 heteroatoms. The lowest BCUT2D eigenvalue weighted by atomic mass is 9.89. The normalized spacial score (nSPS) is 12.0. The van der Waals surface area contributed by atoms with Gasteiger partial charge in [-0.1, -0.05) is 54.4 Å². The molecule has 3 aromatic carbocycles. The van der Waals surface area contributed by atoms with E-state index >= 15 is 0 Å². The second kappa shape index (κ2) is 8.85. The zero-order chi connectivity index (χ0) is 22.8. The maximum atomic E-state index is 13.5. The molecule has 0 spiro atoms. The Kier molecular flexibility index (Phi) is 5.97. The molecule has 0 aliphatic carbocycles. The molecule has 4 rings (SSSR count). The Hall–Kier alpha value is -3.64. The Labute approximate surface area is 190 Å². The first-order valence-corrected chi connectivity index (χ1v) is 10.7. The van der Waals surface area contributed by atoms with Crippen LogP contribution in [0.2, 0.25) is 5.02 Å². The van der Waals surface area contributed by atoms with Crippen LogP contribution in [0, 0.1) is 6.92 Å². The molecule has 0 saturated carbocycles. The van der Waals surface area contributed by atoms with Gasteiger partial charge in [-0.25, -0.2) is 9.66 Å². The average Bonchev–Trinajstić information content (AvgIpc) is 2.77. The van der Waals surface area contributed by atoms with Crippen LogP contribution in [0.4, 0.5) is 5.69 Å². The van der Waals surface area contributed by atoms with Gasteiger partial charge in [-0.3, -0.25) is 15.0 Å². The van der Waals surface area contributed by atoms with E-state index in [4.69, 9.17) is 22.3 Å². The van der Waals surface area contributed by atoms with Crippen LogP contribution in [-0.2, 0) is 0 Å². The van der Waals surface area contributed by atoms with E-state index < -0.39 is 5.91 Å². The summed E-state index contributed by atoms with van der Waals surface area (Å²) in [5.41, 5.74) is 12.0. The Balaban J connectivity index is 2.01. The second-order valence-electron chi connectivity index (χ2n) is 7.67. The number of aryl methyl sites for hydroxylation is 1. The Morgan fingerprint density at radius 1 is 1.12 bits per heavy atom. The van der Waals surface area contributed by atoms with E-state index in [1.165, 1.54) is 4.68 Å². The van der Waals surface area contributed by atoms with Crippen molar-refractivity contribution >= 4 is 34.1 Å². The van der Waals surface area contributed by atoms with Gasteiger partial charge in [0.1, 0.15) is 5.82 Å². The summed E-state index contributed by atoms with van der Waals surface area (Å²) in [5, 5.41) is 0.932. The number of para-hydroxylation sites is 1. The third-order valence-corrected chi connectivity index (χ3v) is 5.68. The van der Waals surface area contributed by atoms with Crippen molar-refractivity contribution in [3.8, 4) is 0 Å². The number of aromatic nitrogens is 2. The lowest BCUT2D eigenvalue weighted by Gasteiger charge is -2.23. The number of halogens is 1. The van der Waals surface area contributed by atoms with Crippen molar-refractivity contribution in [2.75, 3.05) is 5.43 Å². The average molecular weight is 447 g/mol. The molecular formula is C25H23ClN4O2. The van der Waals surface area contributed by atoms with E-state index in [-0.39, 0.29) is 11.5 Å². The third kappa shape index (κ3) is 4.09. The highest BCUT2D eigenvalue weighted by molar-refractivity contribution is 6.31. The molecule has 0 bridgehead atoms. The fraction of sp³-hybridized carbons (Fsp3) is 0.160. The number of anilines is 1. The standard InChI is InChI=1S/C25H23ClN4O2/c1-3-18(21-13-15(2)9-11-19(21)23(27)31)24-28-22-14-16(26)10-12-20(22)25(32)30(24)29-17-7-5-4-6-8-17/h4-14,18,29H,3H2,1-2H3,(H2,27,31). The summed E-state index contributed by atoms with van der Waals surface area (Å²) in [6, 6.07) is 19.9. The molecule has 1 aromatic heterocycles. The SMILES string of the molecule is CCC(c1cc(C)ccc1C(N)=O)c1nc2cc(Cl)ccc2c(=O)n1Nc1ccccc1. The first-order chi connectivity index (χ1) is 15.4. The minimum atomic E-state index is -0.521. The summed E-state index contributed by atoms with van der Waals surface area (Å²) in [5.74, 6) is -0.402. The van der Waals surface area contributed by atoms with Crippen molar-refractivity contribution in [1.82, 2.24) is 9.66 Å². The third-order valence-electron chi connectivity index (χ3n) is 5.44. The van der Waals surface area contributed by atoms with E-state index in [0.717, 1.165) is 16.8 Å². The number of fused-ring (bicyclic) bond motifs is 1. The van der Waals surface area contributed by atoms with Gasteiger partial charge in [-0.15, -0.1) is 0 Å². The van der Waals surface area contributed by atoms with Gasteiger partial charge in [-0.05, 0) is 55.3 Å². The van der Waals surface area contributed by atoms with Crippen molar-refractivity contribution in [2.45, 2.75) is 26.2 Å². The number of hydrogen-bond acceptors (Lipinski definition) is 4. The van der Waals surface area contributed by atoms with Crippen molar-refractivity contribution < 1.29 is 4.79 Å². The van der Waals surface area contributed by atoms with Gasteiger partial charge in [0.15, 0.2) is 0 Å². The van der Waals surface area contributed by atoms with Crippen molar-refractivity contribution in [1.29, 1.82) is 0 Å².